The molecule has 21 heavy (non-hydrogen) atoms. The minimum atomic E-state index is -0.998. The first-order chi connectivity index (χ1) is 10.1. The summed E-state index contributed by atoms with van der Waals surface area (Å²) >= 11 is 0. The van der Waals surface area contributed by atoms with Gasteiger partial charge in [-0.15, -0.1) is 0 Å². The zero-order chi connectivity index (χ0) is 14.8. The lowest BCUT2D eigenvalue weighted by atomic mass is 10.1. The molecule has 0 fully saturated rings. The largest absolute Gasteiger partial charge is 0.483 e. The summed E-state index contributed by atoms with van der Waals surface area (Å²) in [4.78, 5) is 10.9. The Bertz CT molecular complexity index is 807. The predicted octanol–water partition coefficient (Wildman–Crippen LogP) is 3.85. The van der Waals surface area contributed by atoms with Crippen LogP contribution in [0.5, 0.6) is 5.75 Å². The lowest BCUT2D eigenvalue weighted by molar-refractivity contribution is 0.0697. The molecule has 0 unspecified atom stereocenters. The van der Waals surface area contributed by atoms with Crippen LogP contribution in [0, 0.1) is 5.82 Å². The number of carboxylic acids is 1. The van der Waals surface area contributed by atoms with E-state index >= 15 is 0 Å². The number of carbonyl (C=O) groups is 1. The van der Waals surface area contributed by atoms with Gasteiger partial charge in [0.05, 0.1) is 5.56 Å². The van der Waals surface area contributed by atoms with Crippen LogP contribution in [-0.4, -0.2) is 11.1 Å². The fourth-order valence-electron chi connectivity index (χ4n) is 2.01. The second kappa shape index (κ2) is 5.28. The third-order valence-corrected chi connectivity index (χ3v) is 3.02. The minimum absolute atomic E-state index is 0.0675. The Balaban J connectivity index is 1.82. The molecule has 2 aromatic carbocycles. The van der Waals surface area contributed by atoms with E-state index in [0.717, 1.165) is 0 Å². The van der Waals surface area contributed by atoms with Crippen molar-refractivity contribution in [3.8, 4) is 5.75 Å². The Morgan fingerprint density at radius 1 is 1.19 bits per heavy atom. The smallest absolute Gasteiger partial charge is 0.335 e. The number of aromatic carboxylic acids is 1. The lowest BCUT2D eigenvalue weighted by Crippen LogP contribution is -1.95. The summed E-state index contributed by atoms with van der Waals surface area (Å²) < 4.78 is 24.3. The fourth-order valence-corrected chi connectivity index (χ4v) is 2.01. The van der Waals surface area contributed by atoms with Gasteiger partial charge in [0, 0.05) is 5.39 Å². The molecule has 0 radical (unpaired) electrons. The Morgan fingerprint density at radius 2 is 2.00 bits per heavy atom. The zero-order valence-corrected chi connectivity index (χ0v) is 10.9. The van der Waals surface area contributed by atoms with Gasteiger partial charge >= 0.3 is 5.97 Å². The van der Waals surface area contributed by atoms with Crippen molar-refractivity contribution in [2.75, 3.05) is 0 Å². The zero-order valence-electron chi connectivity index (χ0n) is 10.9. The molecule has 0 atom stereocenters. The summed E-state index contributed by atoms with van der Waals surface area (Å²) in [5, 5.41) is 9.61. The van der Waals surface area contributed by atoms with E-state index in [4.69, 9.17) is 14.3 Å². The molecule has 0 aliphatic carbocycles. The molecule has 0 aliphatic rings. The minimum Gasteiger partial charge on any atom is -0.483 e. The molecule has 0 aliphatic heterocycles. The molecule has 0 spiro atoms. The summed E-state index contributed by atoms with van der Waals surface area (Å²) in [5.41, 5.74) is 0.747. The average Bonchev–Trinajstić information content (AvgIpc) is 2.88. The maximum absolute atomic E-state index is 13.4. The number of ether oxygens (including phenoxy) is 1. The molecule has 5 heteroatoms. The van der Waals surface area contributed by atoms with Gasteiger partial charge in [-0.1, -0.05) is 12.1 Å². The Kier molecular flexibility index (Phi) is 3.31. The van der Waals surface area contributed by atoms with E-state index < -0.39 is 11.8 Å². The van der Waals surface area contributed by atoms with Gasteiger partial charge in [0.25, 0.3) is 0 Å². The van der Waals surface area contributed by atoms with Crippen LogP contribution in [0.25, 0.3) is 11.0 Å². The number of benzene rings is 2. The number of hydrogen-bond donors (Lipinski definition) is 1. The maximum Gasteiger partial charge on any atom is 0.335 e. The van der Waals surface area contributed by atoms with Gasteiger partial charge in [-0.3, -0.25) is 0 Å². The van der Waals surface area contributed by atoms with Crippen molar-refractivity contribution >= 4 is 16.9 Å². The number of furan rings is 1. The van der Waals surface area contributed by atoms with Crippen LogP contribution < -0.4 is 4.74 Å². The third-order valence-electron chi connectivity index (χ3n) is 3.02. The summed E-state index contributed by atoms with van der Waals surface area (Å²) in [7, 11) is 0. The van der Waals surface area contributed by atoms with E-state index in [1.54, 1.807) is 24.3 Å². The normalized spacial score (nSPS) is 10.7. The SMILES string of the molecule is O=C(O)c1ccc2oc(COc3ccccc3F)cc2c1. The standard InChI is InChI=1S/C16H11FO4/c17-13-3-1-2-4-15(13)20-9-12-8-11-7-10(16(18)19)5-6-14(11)21-12/h1-8H,9H2,(H,18,19). The van der Waals surface area contributed by atoms with Crippen LogP contribution in [0.1, 0.15) is 16.1 Å². The highest BCUT2D eigenvalue weighted by Gasteiger charge is 2.09. The van der Waals surface area contributed by atoms with E-state index in [0.29, 0.717) is 16.7 Å². The molecular formula is C16H11FO4. The van der Waals surface area contributed by atoms with E-state index in [1.807, 2.05) is 0 Å². The molecule has 1 N–H and O–H groups in total. The Labute approximate surface area is 119 Å². The lowest BCUT2D eigenvalue weighted by Gasteiger charge is -2.04. The second-order valence-corrected chi connectivity index (χ2v) is 4.49. The van der Waals surface area contributed by atoms with Crippen molar-refractivity contribution in [3.05, 3.63) is 65.7 Å². The van der Waals surface area contributed by atoms with Crippen LogP contribution >= 0.6 is 0 Å². The van der Waals surface area contributed by atoms with Gasteiger partial charge in [0.1, 0.15) is 18.0 Å². The van der Waals surface area contributed by atoms with Gasteiger partial charge in [-0.2, -0.15) is 0 Å². The van der Waals surface area contributed by atoms with Gasteiger partial charge in [0.15, 0.2) is 11.6 Å². The molecule has 3 aromatic rings. The van der Waals surface area contributed by atoms with Crippen molar-refractivity contribution in [3.63, 3.8) is 0 Å². The monoisotopic (exact) mass is 286 g/mol. The molecule has 0 bridgehead atoms. The molecule has 0 saturated heterocycles. The molecule has 1 heterocycles. The van der Waals surface area contributed by atoms with Crippen molar-refractivity contribution in [2.45, 2.75) is 6.61 Å². The topological polar surface area (TPSA) is 59.7 Å². The van der Waals surface area contributed by atoms with Crippen molar-refractivity contribution in [1.29, 1.82) is 0 Å². The molecule has 0 saturated carbocycles. The summed E-state index contributed by atoms with van der Waals surface area (Å²) in [5.74, 6) is -0.802. The van der Waals surface area contributed by atoms with Gasteiger partial charge < -0.3 is 14.3 Å². The van der Waals surface area contributed by atoms with Crippen LogP contribution in [-0.2, 0) is 6.61 Å². The van der Waals surface area contributed by atoms with Crippen LogP contribution in [0.2, 0.25) is 0 Å². The first-order valence-corrected chi connectivity index (χ1v) is 6.26. The van der Waals surface area contributed by atoms with E-state index in [9.17, 15) is 9.18 Å². The van der Waals surface area contributed by atoms with Crippen molar-refractivity contribution < 1.29 is 23.4 Å². The molecule has 4 nitrogen and oxygen atoms in total. The number of hydrogen-bond acceptors (Lipinski definition) is 3. The number of carboxylic acid groups (broad SMARTS) is 1. The molecular weight excluding hydrogens is 275 g/mol. The predicted molar refractivity (Wildman–Crippen MR) is 73.9 cm³/mol. The Morgan fingerprint density at radius 3 is 2.76 bits per heavy atom. The van der Waals surface area contributed by atoms with Crippen molar-refractivity contribution in [1.82, 2.24) is 0 Å². The van der Waals surface area contributed by atoms with Gasteiger partial charge in [-0.25, -0.2) is 9.18 Å². The summed E-state index contributed by atoms with van der Waals surface area (Å²) in [6.45, 7) is 0.0675. The van der Waals surface area contributed by atoms with E-state index in [1.165, 1.54) is 24.3 Å². The maximum atomic E-state index is 13.4. The summed E-state index contributed by atoms with van der Waals surface area (Å²) in [6.07, 6.45) is 0. The first-order valence-electron chi connectivity index (χ1n) is 6.26. The summed E-state index contributed by atoms with van der Waals surface area (Å²) in [6, 6.07) is 12.4. The Hall–Kier alpha value is -2.82. The highest BCUT2D eigenvalue weighted by Crippen LogP contribution is 2.23. The highest BCUT2D eigenvalue weighted by molar-refractivity contribution is 5.93. The number of fused-ring (bicyclic) bond motifs is 1. The van der Waals surface area contributed by atoms with Crippen molar-refractivity contribution in [2.24, 2.45) is 0 Å². The second-order valence-electron chi connectivity index (χ2n) is 4.49. The molecule has 0 amide bonds. The third kappa shape index (κ3) is 2.72. The average molecular weight is 286 g/mol. The van der Waals surface area contributed by atoms with Crippen LogP contribution in [0.3, 0.4) is 0 Å². The first kappa shape index (κ1) is 13.2. The van der Waals surface area contributed by atoms with E-state index in [-0.39, 0.29) is 17.9 Å². The fraction of sp³-hybridized carbons (Fsp3) is 0.0625. The molecule has 3 rings (SSSR count). The van der Waals surface area contributed by atoms with Crippen LogP contribution in [0.4, 0.5) is 4.39 Å². The number of para-hydroxylation sites is 1. The quantitative estimate of drug-likeness (QED) is 0.791. The number of halogens is 1. The van der Waals surface area contributed by atoms with Gasteiger partial charge in [-0.05, 0) is 36.4 Å². The van der Waals surface area contributed by atoms with Gasteiger partial charge in [0.2, 0.25) is 0 Å². The highest BCUT2D eigenvalue weighted by atomic mass is 19.1. The van der Waals surface area contributed by atoms with Crippen LogP contribution in [0.15, 0.2) is 52.9 Å². The van der Waals surface area contributed by atoms with E-state index in [2.05, 4.69) is 0 Å². The molecule has 1 aromatic heterocycles. The molecule has 106 valence electrons. The number of rotatable bonds is 4.